The highest BCUT2D eigenvalue weighted by molar-refractivity contribution is 5.91. The molecule has 0 aliphatic carbocycles. The van der Waals surface area contributed by atoms with Crippen molar-refractivity contribution in [2.24, 2.45) is 0 Å². The average Bonchev–Trinajstić information content (AvgIpc) is 3.00. The van der Waals surface area contributed by atoms with Crippen LogP contribution in [-0.4, -0.2) is 21.4 Å². The second kappa shape index (κ2) is 7.99. The van der Waals surface area contributed by atoms with Crippen molar-refractivity contribution in [3.63, 3.8) is 0 Å². The molecule has 2 aromatic carbocycles. The molecule has 3 rings (SSSR count). The highest BCUT2D eigenvalue weighted by Gasteiger charge is 2.19. The Morgan fingerprint density at radius 1 is 1.15 bits per heavy atom. The Kier molecular flexibility index (Phi) is 5.49. The van der Waals surface area contributed by atoms with Crippen LogP contribution in [0.4, 0.5) is 10.1 Å². The fourth-order valence-corrected chi connectivity index (χ4v) is 2.91. The number of fused-ring (bicyclic) bond motifs is 1. The van der Waals surface area contributed by atoms with Crippen molar-refractivity contribution < 1.29 is 14.0 Å². The monoisotopic (exact) mass is 368 g/mol. The molecule has 2 N–H and O–H groups in total. The van der Waals surface area contributed by atoms with Gasteiger partial charge in [-0.1, -0.05) is 25.1 Å². The number of nitrogens with zero attached hydrogens (tertiary/aromatic N) is 2. The average molecular weight is 368 g/mol. The molecule has 1 aromatic heterocycles. The van der Waals surface area contributed by atoms with E-state index in [-0.39, 0.29) is 24.4 Å². The number of benzene rings is 2. The molecule has 1 atom stereocenters. The van der Waals surface area contributed by atoms with Gasteiger partial charge in [-0.05, 0) is 37.3 Å². The molecule has 1 unspecified atom stereocenters. The van der Waals surface area contributed by atoms with E-state index in [1.54, 1.807) is 17.6 Å². The highest BCUT2D eigenvalue weighted by Crippen LogP contribution is 2.21. The van der Waals surface area contributed by atoms with Crippen molar-refractivity contribution in [2.75, 3.05) is 5.32 Å². The van der Waals surface area contributed by atoms with Crippen molar-refractivity contribution in [1.29, 1.82) is 0 Å². The fourth-order valence-electron chi connectivity index (χ4n) is 2.91. The summed E-state index contributed by atoms with van der Waals surface area (Å²) in [7, 11) is 0. The molecule has 0 aliphatic rings. The van der Waals surface area contributed by atoms with Gasteiger partial charge >= 0.3 is 0 Å². The van der Waals surface area contributed by atoms with Crippen LogP contribution >= 0.6 is 0 Å². The van der Waals surface area contributed by atoms with Gasteiger partial charge in [-0.2, -0.15) is 0 Å². The smallest absolute Gasteiger partial charge is 0.244 e. The van der Waals surface area contributed by atoms with Crippen LogP contribution in [0, 0.1) is 5.82 Å². The van der Waals surface area contributed by atoms with Crippen molar-refractivity contribution in [3.8, 4) is 0 Å². The summed E-state index contributed by atoms with van der Waals surface area (Å²) in [6, 6.07) is 12.8. The van der Waals surface area contributed by atoms with E-state index in [4.69, 9.17) is 0 Å². The zero-order valence-electron chi connectivity index (χ0n) is 15.2. The first-order chi connectivity index (χ1) is 13.0. The molecule has 0 spiro atoms. The van der Waals surface area contributed by atoms with E-state index in [0.29, 0.717) is 17.9 Å². The van der Waals surface area contributed by atoms with E-state index >= 15 is 0 Å². The number of para-hydroxylation sites is 2. The number of halogens is 1. The van der Waals surface area contributed by atoms with Crippen LogP contribution in [0.25, 0.3) is 11.0 Å². The number of amides is 2. The molecule has 0 fully saturated rings. The van der Waals surface area contributed by atoms with Crippen molar-refractivity contribution >= 4 is 28.5 Å². The fraction of sp³-hybridized carbons (Fsp3) is 0.250. The van der Waals surface area contributed by atoms with Gasteiger partial charge in [0, 0.05) is 12.1 Å². The Morgan fingerprint density at radius 2 is 1.93 bits per heavy atom. The summed E-state index contributed by atoms with van der Waals surface area (Å²) in [6.45, 7) is 3.60. The Hall–Kier alpha value is -3.22. The van der Waals surface area contributed by atoms with Gasteiger partial charge in [0.1, 0.15) is 18.2 Å². The lowest BCUT2D eigenvalue weighted by atomic mass is 10.2. The molecular weight excluding hydrogens is 347 g/mol. The maximum absolute atomic E-state index is 13.3. The van der Waals surface area contributed by atoms with E-state index in [1.807, 2.05) is 31.2 Å². The van der Waals surface area contributed by atoms with Crippen LogP contribution in [0.1, 0.15) is 32.1 Å². The van der Waals surface area contributed by atoms with Gasteiger partial charge in [-0.15, -0.1) is 0 Å². The van der Waals surface area contributed by atoms with Gasteiger partial charge in [0.25, 0.3) is 0 Å². The normalized spacial score (nSPS) is 12.0. The number of nitrogens with one attached hydrogen (secondary N) is 2. The van der Waals surface area contributed by atoms with Crippen LogP contribution in [0.15, 0.2) is 48.5 Å². The number of carbonyl (C=O) groups is 2. The first-order valence-electron chi connectivity index (χ1n) is 8.78. The van der Waals surface area contributed by atoms with Gasteiger partial charge in [0.05, 0.1) is 17.1 Å². The molecular formula is C20H21FN4O2. The van der Waals surface area contributed by atoms with E-state index in [9.17, 15) is 14.0 Å². The maximum Gasteiger partial charge on any atom is 0.244 e. The zero-order valence-corrected chi connectivity index (χ0v) is 15.2. The topological polar surface area (TPSA) is 76.0 Å². The first-order valence-corrected chi connectivity index (χ1v) is 8.78. The largest absolute Gasteiger partial charge is 0.346 e. The minimum Gasteiger partial charge on any atom is -0.346 e. The Bertz CT molecular complexity index is 983. The van der Waals surface area contributed by atoms with Crippen LogP contribution in [0.5, 0.6) is 0 Å². The third-order valence-electron chi connectivity index (χ3n) is 4.18. The third kappa shape index (κ3) is 4.31. The lowest BCUT2D eigenvalue weighted by Crippen LogP contribution is -2.29. The van der Waals surface area contributed by atoms with Crippen LogP contribution in [0.3, 0.4) is 0 Å². The summed E-state index contributed by atoms with van der Waals surface area (Å²) in [5, 5.41) is 5.56. The molecule has 0 aliphatic heterocycles. The van der Waals surface area contributed by atoms with E-state index in [2.05, 4.69) is 15.6 Å². The number of imidazole rings is 1. The van der Waals surface area contributed by atoms with Gasteiger partial charge in [-0.3, -0.25) is 9.59 Å². The van der Waals surface area contributed by atoms with Gasteiger partial charge < -0.3 is 15.2 Å². The Balaban J connectivity index is 1.88. The van der Waals surface area contributed by atoms with E-state index in [1.165, 1.54) is 18.2 Å². The number of carbonyl (C=O) groups excluding carboxylic acids is 2. The maximum atomic E-state index is 13.3. The molecule has 0 saturated heterocycles. The van der Waals surface area contributed by atoms with Gasteiger partial charge in [0.2, 0.25) is 11.8 Å². The minimum atomic E-state index is -0.419. The molecule has 7 heteroatoms. The molecule has 0 saturated carbocycles. The summed E-state index contributed by atoms with van der Waals surface area (Å²) in [5.41, 5.74) is 1.92. The summed E-state index contributed by atoms with van der Waals surface area (Å²) in [5.74, 6) is -0.228. The Labute approximate surface area is 156 Å². The minimum absolute atomic E-state index is 0.00129. The SMILES string of the molecule is CCC(=O)NC(C)c1nc2ccccc2n1CC(=O)Nc1cccc(F)c1. The first kappa shape index (κ1) is 18.6. The summed E-state index contributed by atoms with van der Waals surface area (Å²) >= 11 is 0. The van der Waals surface area contributed by atoms with Crippen molar-refractivity contribution in [2.45, 2.75) is 32.9 Å². The molecule has 2 amide bonds. The predicted molar refractivity (Wildman–Crippen MR) is 102 cm³/mol. The highest BCUT2D eigenvalue weighted by atomic mass is 19.1. The number of aromatic nitrogens is 2. The van der Waals surface area contributed by atoms with Crippen molar-refractivity contribution in [3.05, 3.63) is 60.2 Å². The number of hydrogen-bond donors (Lipinski definition) is 2. The van der Waals surface area contributed by atoms with Crippen LogP contribution in [-0.2, 0) is 16.1 Å². The molecule has 1 heterocycles. The second-order valence-electron chi connectivity index (χ2n) is 6.25. The van der Waals surface area contributed by atoms with E-state index < -0.39 is 5.82 Å². The standard InChI is InChI=1S/C20H21FN4O2/c1-3-18(26)22-13(2)20-24-16-9-4-5-10-17(16)25(20)12-19(27)23-15-8-6-7-14(21)11-15/h4-11,13H,3,12H2,1-2H3,(H,22,26)(H,23,27). The summed E-state index contributed by atoms with van der Waals surface area (Å²) < 4.78 is 15.1. The van der Waals surface area contributed by atoms with Gasteiger partial charge in [0.15, 0.2) is 0 Å². The molecule has 140 valence electrons. The van der Waals surface area contributed by atoms with Crippen LogP contribution in [0.2, 0.25) is 0 Å². The van der Waals surface area contributed by atoms with E-state index in [0.717, 1.165) is 11.0 Å². The summed E-state index contributed by atoms with van der Waals surface area (Å²) in [4.78, 5) is 28.9. The quantitative estimate of drug-likeness (QED) is 0.700. The third-order valence-corrected chi connectivity index (χ3v) is 4.18. The second-order valence-corrected chi connectivity index (χ2v) is 6.25. The molecule has 27 heavy (non-hydrogen) atoms. The lowest BCUT2D eigenvalue weighted by molar-refractivity contribution is -0.121. The predicted octanol–water partition coefficient (Wildman–Crippen LogP) is 3.40. The number of hydrogen-bond acceptors (Lipinski definition) is 3. The van der Waals surface area contributed by atoms with Crippen molar-refractivity contribution in [1.82, 2.24) is 14.9 Å². The molecule has 3 aromatic rings. The molecule has 6 nitrogen and oxygen atoms in total. The molecule has 0 radical (unpaired) electrons. The molecule has 0 bridgehead atoms. The number of anilines is 1. The van der Waals surface area contributed by atoms with Gasteiger partial charge in [-0.25, -0.2) is 9.37 Å². The van der Waals surface area contributed by atoms with Crippen LogP contribution < -0.4 is 10.6 Å². The number of rotatable bonds is 6. The zero-order chi connectivity index (χ0) is 19.4. The lowest BCUT2D eigenvalue weighted by Gasteiger charge is -2.16. The summed E-state index contributed by atoms with van der Waals surface area (Å²) in [6.07, 6.45) is 0.366. The Morgan fingerprint density at radius 3 is 2.67 bits per heavy atom.